The van der Waals surface area contributed by atoms with E-state index in [1.54, 1.807) is 16.9 Å². The highest BCUT2D eigenvalue weighted by Crippen LogP contribution is 2.09. The Morgan fingerprint density at radius 1 is 1.47 bits per heavy atom. The predicted molar refractivity (Wildman–Crippen MR) is 63.8 cm³/mol. The monoisotopic (exact) mass is 234 g/mol. The molecule has 17 heavy (non-hydrogen) atoms. The molecule has 0 aromatic carbocycles. The number of aromatic amines is 1. The summed E-state index contributed by atoms with van der Waals surface area (Å²) >= 11 is 0. The number of H-pyrrole nitrogens is 1. The first-order valence-corrected chi connectivity index (χ1v) is 5.27. The molecule has 7 heteroatoms. The lowest BCUT2D eigenvalue weighted by molar-refractivity contribution is 0.262. The summed E-state index contributed by atoms with van der Waals surface area (Å²) in [4.78, 5) is 11.5. The zero-order valence-corrected chi connectivity index (χ0v) is 9.64. The quantitative estimate of drug-likeness (QED) is 0.757. The number of urea groups is 1. The van der Waals surface area contributed by atoms with Crippen LogP contribution in [-0.2, 0) is 0 Å². The Balaban J connectivity index is 1.93. The molecule has 0 saturated carbocycles. The molecule has 0 spiro atoms. The van der Waals surface area contributed by atoms with Gasteiger partial charge in [-0.25, -0.2) is 4.79 Å². The van der Waals surface area contributed by atoms with Gasteiger partial charge in [0.1, 0.15) is 0 Å². The van der Waals surface area contributed by atoms with Gasteiger partial charge in [-0.3, -0.25) is 15.1 Å². The van der Waals surface area contributed by atoms with E-state index < -0.39 is 0 Å². The molecule has 0 bridgehead atoms. The van der Waals surface area contributed by atoms with Crippen LogP contribution in [0, 0.1) is 0 Å². The van der Waals surface area contributed by atoms with E-state index in [0.717, 1.165) is 0 Å². The van der Waals surface area contributed by atoms with Crippen molar-refractivity contribution in [3.05, 3.63) is 24.7 Å². The van der Waals surface area contributed by atoms with Crippen LogP contribution < -0.4 is 10.6 Å². The Kier molecular flexibility index (Phi) is 3.08. The molecule has 0 saturated heterocycles. The van der Waals surface area contributed by atoms with E-state index in [1.807, 2.05) is 20.0 Å². The molecule has 2 heterocycles. The second-order valence-corrected chi connectivity index (χ2v) is 3.84. The lowest BCUT2D eigenvalue weighted by Crippen LogP contribution is -2.19. The zero-order chi connectivity index (χ0) is 12.3. The van der Waals surface area contributed by atoms with Gasteiger partial charge in [-0.05, 0) is 13.8 Å². The summed E-state index contributed by atoms with van der Waals surface area (Å²) in [5, 5.41) is 15.8. The van der Waals surface area contributed by atoms with Crippen LogP contribution in [0.1, 0.15) is 19.9 Å². The topological polar surface area (TPSA) is 87.6 Å². The SMILES string of the molecule is CC(C)n1ccc(NC(=O)Nc2cn[nH]c2)n1. The van der Waals surface area contributed by atoms with Gasteiger partial charge in [-0.15, -0.1) is 0 Å². The van der Waals surface area contributed by atoms with Crippen molar-refractivity contribution in [1.82, 2.24) is 20.0 Å². The van der Waals surface area contributed by atoms with E-state index in [-0.39, 0.29) is 12.1 Å². The molecule has 0 atom stereocenters. The van der Waals surface area contributed by atoms with Crippen LogP contribution in [0.3, 0.4) is 0 Å². The fourth-order valence-corrected chi connectivity index (χ4v) is 1.29. The summed E-state index contributed by atoms with van der Waals surface area (Å²) in [7, 11) is 0. The maximum absolute atomic E-state index is 11.5. The molecule has 0 fully saturated rings. The normalized spacial score (nSPS) is 10.5. The highest BCUT2D eigenvalue weighted by atomic mass is 16.2. The summed E-state index contributed by atoms with van der Waals surface area (Å²) < 4.78 is 1.77. The van der Waals surface area contributed by atoms with Crippen LogP contribution in [0.2, 0.25) is 0 Å². The number of rotatable bonds is 3. The van der Waals surface area contributed by atoms with E-state index in [1.165, 1.54) is 6.20 Å². The van der Waals surface area contributed by atoms with E-state index in [9.17, 15) is 4.79 Å². The first-order valence-electron chi connectivity index (χ1n) is 5.27. The van der Waals surface area contributed by atoms with Crippen LogP contribution >= 0.6 is 0 Å². The van der Waals surface area contributed by atoms with Crippen LogP contribution in [0.5, 0.6) is 0 Å². The molecule has 0 unspecified atom stereocenters. The number of carbonyl (C=O) groups excluding carboxylic acids is 1. The fraction of sp³-hybridized carbons (Fsp3) is 0.300. The van der Waals surface area contributed by atoms with Crippen molar-refractivity contribution in [3.8, 4) is 0 Å². The Hall–Kier alpha value is -2.31. The van der Waals surface area contributed by atoms with Gasteiger partial charge >= 0.3 is 6.03 Å². The number of aromatic nitrogens is 4. The minimum atomic E-state index is -0.347. The van der Waals surface area contributed by atoms with Gasteiger partial charge in [0.2, 0.25) is 0 Å². The van der Waals surface area contributed by atoms with E-state index in [2.05, 4.69) is 25.9 Å². The number of amides is 2. The molecule has 0 aliphatic rings. The van der Waals surface area contributed by atoms with Crippen LogP contribution in [0.15, 0.2) is 24.7 Å². The molecule has 0 aliphatic heterocycles. The predicted octanol–water partition coefficient (Wildman–Crippen LogP) is 1.83. The molecule has 2 aromatic rings. The maximum Gasteiger partial charge on any atom is 0.324 e. The average Bonchev–Trinajstić information content (AvgIpc) is 2.88. The van der Waals surface area contributed by atoms with Crippen molar-refractivity contribution in [2.45, 2.75) is 19.9 Å². The molecule has 2 amide bonds. The lowest BCUT2D eigenvalue weighted by atomic mass is 10.4. The molecule has 3 N–H and O–H groups in total. The number of nitrogens with one attached hydrogen (secondary N) is 3. The minimum Gasteiger partial charge on any atom is -0.305 e. The van der Waals surface area contributed by atoms with Crippen molar-refractivity contribution in [3.63, 3.8) is 0 Å². The molecule has 7 nitrogen and oxygen atoms in total. The third-order valence-corrected chi connectivity index (χ3v) is 2.14. The summed E-state index contributed by atoms with van der Waals surface area (Å²) in [5.74, 6) is 0.514. The smallest absolute Gasteiger partial charge is 0.305 e. The highest BCUT2D eigenvalue weighted by Gasteiger charge is 2.06. The summed E-state index contributed by atoms with van der Waals surface area (Å²) in [6, 6.07) is 1.66. The van der Waals surface area contributed by atoms with E-state index in [0.29, 0.717) is 11.5 Å². The highest BCUT2D eigenvalue weighted by molar-refractivity contribution is 5.98. The second kappa shape index (κ2) is 4.69. The Bertz CT molecular complexity index is 487. The largest absolute Gasteiger partial charge is 0.324 e. The van der Waals surface area contributed by atoms with Crippen molar-refractivity contribution in [2.24, 2.45) is 0 Å². The van der Waals surface area contributed by atoms with Crippen LogP contribution in [0.25, 0.3) is 0 Å². The number of anilines is 2. The van der Waals surface area contributed by atoms with E-state index in [4.69, 9.17) is 0 Å². The third kappa shape index (κ3) is 2.83. The maximum atomic E-state index is 11.5. The minimum absolute atomic E-state index is 0.266. The molecular weight excluding hydrogens is 220 g/mol. The molecule has 2 aromatic heterocycles. The first-order chi connectivity index (χ1) is 8.15. The van der Waals surface area contributed by atoms with Gasteiger partial charge in [0.25, 0.3) is 0 Å². The van der Waals surface area contributed by atoms with Crippen molar-refractivity contribution >= 4 is 17.5 Å². The Morgan fingerprint density at radius 3 is 2.88 bits per heavy atom. The summed E-state index contributed by atoms with van der Waals surface area (Å²) in [6.07, 6.45) is 4.93. The summed E-state index contributed by atoms with van der Waals surface area (Å²) in [6.45, 7) is 4.03. The van der Waals surface area contributed by atoms with Gasteiger partial charge in [0.05, 0.1) is 11.9 Å². The molecular formula is C10H14N6O. The molecule has 0 aliphatic carbocycles. The Labute approximate surface area is 98.2 Å². The van der Waals surface area contributed by atoms with Crippen molar-refractivity contribution < 1.29 is 4.79 Å². The van der Waals surface area contributed by atoms with E-state index >= 15 is 0 Å². The van der Waals surface area contributed by atoms with Gasteiger partial charge in [0, 0.05) is 24.5 Å². The Morgan fingerprint density at radius 2 is 2.29 bits per heavy atom. The van der Waals surface area contributed by atoms with Gasteiger partial charge < -0.3 is 5.32 Å². The van der Waals surface area contributed by atoms with Crippen LogP contribution in [0.4, 0.5) is 16.3 Å². The van der Waals surface area contributed by atoms with Crippen molar-refractivity contribution in [1.29, 1.82) is 0 Å². The van der Waals surface area contributed by atoms with Crippen LogP contribution in [-0.4, -0.2) is 26.0 Å². The van der Waals surface area contributed by atoms with Gasteiger partial charge in [-0.1, -0.05) is 0 Å². The van der Waals surface area contributed by atoms with Crippen molar-refractivity contribution in [2.75, 3.05) is 10.6 Å². The third-order valence-electron chi connectivity index (χ3n) is 2.14. The first kappa shape index (κ1) is 11.2. The standard InChI is InChI=1S/C10H14N6O/c1-7(2)16-4-3-9(15-16)14-10(17)13-8-5-11-12-6-8/h3-7H,1-2H3,(H,11,12)(H2,13,14,15,17). The molecule has 90 valence electrons. The summed E-state index contributed by atoms with van der Waals surface area (Å²) in [5.41, 5.74) is 0.603. The number of hydrogen-bond donors (Lipinski definition) is 3. The number of carbonyl (C=O) groups is 1. The average molecular weight is 234 g/mol. The number of hydrogen-bond acceptors (Lipinski definition) is 3. The fourth-order valence-electron chi connectivity index (χ4n) is 1.29. The molecule has 0 radical (unpaired) electrons. The van der Waals surface area contributed by atoms with Gasteiger partial charge in [-0.2, -0.15) is 10.2 Å². The lowest BCUT2D eigenvalue weighted by Gasteiger charge is -2.05. The number of nitrogens with zero attached hydrogens (tertiary/aromatic N) is 3. The zero-order valence-electron chi connectivity index (χ0n) is 9.64. The molecule has 2 rings (SSSR count). The second-order valence-electron chi connectivity index (χ2n) is 3.84. The van der Waals surface area contributed by atoms with Gasteiger partial charge in [0.15, 0.2) is 5.82 Å².